The molecule has 0 radical (unpaired) electrons. The zero-order valence-corrected chi connectivity index (χ0v) is 8.89. The number of nitrogens with zero attached hydrogens (tertiary/aromatic N) is 2. The lowest BCUT2D eigenvalue weighted by Gasteiger charge is -2.13. The maximum absolute atomic E-state index is 5.91. The van der Waals surface area contributed by atoms with E-state index in [0.717, 1.165) is 12.8 Å². The van der Waals surface area contributed by atoms with Crippen molar-refractivity contribution in [2.45, 2.75) is 18.9 Å². The molecule has 0 unspecified atom stereocenters. The van der Waals surface area contributed by atoms with E-state index >= 15 is 0 Å². The van der Waals surface area contributed by atoms with Gasteiger partial charge in [0.05, 0.1) is 6.20 Å². The summed E-state index contributed by atoms with van der Waals surface area (Å²) < 4.78 is 0. The summed E-state index contributed by atoms with van der Waals surface area (Å²) in [6.07, 6.45) is 7.76. The third kappa shape index (κ3) is 2.16. The largest absolute Gasteiger partial charge is 0.365 e. The molecule has 5 heteroatoms. The van der Waals surface area contributed by atoms with Crippen LogP contribution in [0, 0.1) is 0 Å². The number of nitrogens with one attached hydrogen (secondary N) is 1. The van der Waals surface area contributed by atoms with E-state index in [-0.39, 0.29) is 5.28 Å². The van der Waals surface area contributed by atoms with Crippen molar-refractivity contribution in [3.8, 4) is 0 Å². The maximum Gasteiger partial charge on any atom is 0.224 e. The standard InChI is InChI=1S/C9H9Cl2N3/c10-7-5-12-9(11)14-8(7)13-6-3-1-2-4-6/h1-2,5-6H,3-4H2,(H,12,13,14). The molecule has 1 aliphatic carbocycles. The lowest BCUT2D eigenvalue weighted by Crippen LogP contribution is -2.16. The summed E-state index contributed by atoms with van der Waals surface area (Å²) in [6, 6.07) is 0.374. The minimum atomic E-state index is 0.211. The smallest absolute Gasteiger partial charge is 0.224 e. The van der Waals surface area contributed by atoms with E-state index in [1.165, 1.54) is 6.20 Å². The van der Waals surface area contributed by atoms with Crippen molar-refractivity contribution in [3.05, 3.63) is 28.7 Å². The van der Waals surface area contributed by atoms with Gasteiger partial charge in [-0.1, -0.05) is 23.8 Å². The van der Waals surface area contributed by atoms with Crippen molar-refractivity contribution in [3.63, 3.8) is 0 Å². The van der Waals surface area contributed by atoms with E-state index in [1.807, 2.05) is 0 Å². The van der Waals surface area contributed by atoms with Crippen molar-refractivity contribution in [1.82, 2.24) is 9.97 Å². The minimum Gasteiger partial charge on any atom is -0.365 e. The molecule has 0 atom stereocenters. The number of halogens is 2. The fourth-order valence-corrected chi connectivity index (χ4v) is 1.65. The Morgan fingerprint density at radius 1 is 1.29 bits per heavy atom. The van der Waals surface area contributed by atoms with Crippen LogP contribution in [-0.2, 0) is 0 Å². The summed E-state index contributed by atoms with van der Waals surface area (Å²) in [5.41, 5.74) is 0. The number of anilines is 1. The van der Waals surface area contributed by atoms with Crippen LogP contribution in [0.2, 0.25) is 10.3 Å². The average Bonchev–Trinajstić information content (AvgIpc) is 2.64. The van der Waals surface area contributed by atoms with Crippen LogP contribution in [0.15, 0.2) is 18.3 Å². The van der Waals surface area contributed by atoms with Crippen LogP contribution in [0.1, 0.15) is 12.8 Å². The van der Waals surface area contributed by atoms with Crippen LogP contribution in [0.25, 0.3) is 0 Å². The first-order valence-corrected chi connectivity index (χ1v) is 5.11. The minimum absolute atomic E-state index is 0.211. The second kappa shape index (κ2) is 4.15. The second-order valence-corrected chi connectivity index (χ2v) is 3.86. The van der Waals surface area contributed by atoms with Gasteiger partial charge in [0.15, 0.2) is 0 Å². The van der Waals surface area contributed by atoms with E-state index in [2.05, 4.69) is 27.4 Å². The number of hydrogen-bond donors (Lipinski definition) is 1. The maximum atomic E-state index is 5.91. The Kier molecular flexibility index (Phi) is 2.89. The van der Waals surface area contributed by atoms with Gasteiger partial charge in [-0.3, -0.25) is 0 Å². The lowest BCUT2D eigenvalue weighted by molar-refractivity contribution is 0.780. The average molecular weight is 230 g/mol. The van der Waals surface area contributed by atoms with Gasteiger partial charge in [-0.05, 0) is 24.4 Å². The van der Waals surface area contributed by atoms with Crippen molar-refractivity contribution in [2.24, 2.45) is 0 Å². The second-order valence-electron chi connectivity index (χ2n) is 3.12. The lowest BCUT2D eigenvalue weighted by atomic mass is 10.2. The van der Waals surface area contributed by atoms with Crippen LogP contribution in [0.5, 0.6) is 0 Å². The Labute approximate surface area is 92.2 Å². The highest BCUT2D eigenvalue weighted by atomic mass is 35.5. The monoisotopic (exact) mass is 229 g/mol. The predicted molar refractivity (Wildman–Crippen MR) is 57.8 cm³/mol. The van der Waals surface area contributed by atoms with Gasteiger partial charge in [0.2, 0.25) is 5.28 Å². The molecule has 1 aromatic rings. The van der Waals surface area contributed by atoms with Gasteiger partial charge in [-0.2, -0.15) is 4.98 Å². The third-order valence-corrected chi connectivity index (χ3v) is 2.52. The van der Waals surface area contributed by atoms with Gasteiger partial charge in [0.1, 0.15) is 10.8 Å². The molecular weight excluding hydrogens is 221 g/mol. The SMILES string of the molecule is Clc1ncc(Cl)c(NC2CC=CC2)n1. The van der Waals surface area contributed by atoms with E-state index in [4.69, 9.17) is 23.2 Å². The predicted octanol–water partition coefficient (Wildman–Crippen LogP) is 2.91. The summed E-state index contributed by atoms with van der Waals surface area (Å²) in [7, 11) is 0. The Morgan fingerprint density at radius 2 is 2.00 bits per heavy atom. The van der Waals surface area contributed by atoms with E-state index in [0.29, 0.717) is 16.9 Å². The normalized spacial score (nSPS) is 16.1. The quantitative estimate of drug-likeness (QED) is 0.627. The molecule has 14 heavy (non-hydrogen) atoms. The molecule has 0 saturated carbocycles. The van der Waals surface area contributed by atoms with Gasteiger partial charge in [-0.15, -0.1) is 0 Å². The fourth-order valence-electron chi connectivity index (χ4n) is 1.38. The molecule has 0 bridgehead atoms. The van der Waals surface area contributed by atoms with Gasteiger partial charge in [0, 0.05) is 6.04 Å². The molecule has 0 saturated heterocycles. The molecule has 2 rings (SSSR count). The van der Waals surface area contributed by atoms with Crippen LogP contribution < -0.4 is 5.32 Å². The first-order valence-electron chi connectivity index (χ1n) is 4.35. The summed E-state index contributed by atoms with van der Waals surface area (Å²) >= 11 is 11.6. The summed E-state index contributed by atoms with van der Waals surface area (Å²) in [5, 5.41) is 3.93. The van der Waals surface area contributed by atoms with Crippen molar-refractivity contribution in [2.75, 3.05) is 5.32 Å². The number of hydrogen-bond acceptors (Lipinski definition) is 3. The summed E-state index contributed by atoms with van der Waals surface area (Å²) in [6.45, 7) is 0. The molecule has 74 valence electrons. The van der Waals surface area contributed by atoms with E-state index in [9.17, 15) is 0 Å². The number of aromatic nitrogens is 2. The molecule has 0 amide bonds. The molecule has 1 heterocycles. The zero-order chi connectivity index (χ0) is 9.97. The number of rotatable bonds is 2. The van der Waals surface area contributed by atoms with Gasteiger partial charge < -0.3 is 5.32 Å². The molecular formula is C9H9Cl2N3. The molecule has 0 aromatic carbocycles. The highest BCUT2D eigenvalue weighted by Crippen LogP contribution is 2.23. The summed E-state index contributed by atoms with van der Waals surface area (Å²) in [5.74, 6) is 0.611. The first kappa shape index (κ1) is 9.74. The van der Waals surface area contributed by atoms with Crippen molar-refractivity contribution < 1.29 is 0 Å². The highest BCUT2D eigenvalue weighted by molar-refractivity contribution is 6.33. The van der Waals surface area contributed by atoms with E-state index in [1.54, 1.807) is 0 Å². The Morgan fingerprint density at radius 3 is 2.71 bits per heavy atom. The third-order valence-electron chi connectivity index (χ3n) is 2.06. The van der Waals surface area contributed by atoms with Crippen LogP contribution in [0.3, 0.4) is 0 Å². The topological polar surface area (TPSA) is 37.8 Å². The molecule has 0 fully saturated rings. The Hall–Kier alpha value is -0.800. The molecule has 0 spiro atoms. The first-order chi connectivity index (χ1) is 6.75. The van der Waals surface area contributed by atoms with Crippen molar-refractivity contribution in [1.29, 1.82) is 0 Å². The van der Waals surface area contributed by atoms with Crippen LogP contribution >= 0.6 is 23.2 Å². The van der Waals surface area contributed by atoms with Gasteiger partial charge in [-0.25, -0.2) is 4.98 Å². The molecule has 1 aliphatic rings. The van der Waals surface area contributed by atoms with Gasteiger partial charge in [0.25, 0.3) is 0 Å². The molecule has 0 aliphatic heterocycles. The van der Waals surface area contributed by atoms with Gasteiger partial charge >= 0.3 is 0 Å². The van der Waals surface area contributed by atoms with Crippen LogP contribution in [0.4, 0.5) is 5.82 Å². The highest BCUT2D eigenvalue weighted by Gasteiger charge is 2.12. The fraction of sp³-hybridized carbons (Fsp3) is 0.333. The summed E-state index contributed by atoms with van der Waals surface area (Å²) in [4.78, 5) is 7.80. The Bertz CT molecular complexity index is 357. The van der Waals surface area contributed by atoms with Crippen molar-refractivity contribution >= 4 is 29.0 Å². The molecule has 3 nitrogen and oxygen atoms in total. The molecule has 1 N–H and O–H groups in total. The molecule has 1 aromatic heterocycles. The zero-order valence-electron chi connectivity index (χ0n) is 7.37. The van der Waals surface area contributed by atoms with Crippen LogP contribution in [-0.4, -0.2) is 16.0 Å². The Balaban J connectivity index is 2.11. The van der Waals surface area contributed by atoms with E-state index < -0.39 is 0 Å².